The molecule has 4 rings (SSSR count). The number of hydrogen-bond donors (Lipinski definition) is 3. The molecule has 0 amide bonds. The van der Waals surface area contributed by atoms with Crippen LogP contribution in [0.3, 0.4) is 0 Å². The van der Waals surface area contributed by atoms with E-state index in [9.17, 15) is 28.7 Å². The first-order chi connectivity index (χ1) is 16.0. The SMILES string of the molecule is COc1c(CC(=O)c2sccc2S(=O)(=O)Nc2onc(C)c2Cl)c(C#N)cc2c1OC(O)(O)O2. The molecular weight excluding hydrogens is 514 g/mol. The zero-order valence-corrected chi connectivity index (χ0v) is 19.7. The van der Waals surface area contributed by atoms with Gasteiger partial charge in [-0.2, -0.15) is 5.26 Å². The molecular formula is C19H14ClN3O9S2. The third kappa shape index (κ3) is 4.15. The number of anilines is 1. The van der Waals surface area contributed by atoms with Crippen LogP contribution in [0.4, 0.5) is 5.88 Å². The number of rotatable bonds is 7. The highest BCUT2D eigenvalue weighted by molar-refractivity contribution is 7.93. The van der Waals surface area contributed by atoms with E-state index in [1.165, 1.54) is 25.5 Å². The van der Waals surface area contributed by atoms with E-state index in [1.807, 2.05) is 6.07 Å². The van der Waals surface area contributed by atoms with Crippen LogP contribution in [0.15, 0.2) is 26.9 Å². The van der Waals surface area contributed by atoms with Gasteiger partial charge in [0.1, 0.15) is 15.6 Å². The molecule has 1 aliphatic rings. The number of carbonyl (C=O) groups is 1. The molecule has 0 saturated carbocycles. The van der Waals surface area contributed by atoms with Gasteiger partial charge in [-0.1, -0.05) is 16.8 Å². The van der Waals surface area contributed by atoms with Crippen molar-refractivity contribution in [3.63, 3.8) is 0 Å². The van der Waals surface area contributed by atoms with Crippen LogP contribution in [0, 0.1) is 18.3 Å². The molecule has 178 valence electrons. The summed E-state index contributed by atoms with van der Waals surface area (Å²) in [6.45, 7) is 1.52. The molecule has 0 spiro atoms. The van der Waals surface area contributed by atoms with Gasteiger partial charge < -0.3 is 18.7 Å². The second kappa shape index (κ2) is 8.46. The Morgan fingerprint density at radius 2 is 2.15 bits per heavy atom. The number of nitriles is 1. The van der Waals surface area contributed by atoms with Crippen molar-refractivity contribution in [1.82, 2.24) is 5.16 Å². The second-order valence-corrected chi connectivity index (χ2v) is 9.80. The van der Waals surface area contributed by atoms with E-state index >= 15 is 0 Å². The molecule has 3 aromatic rings. The molecule has 15 heteroatoms. The minimum absolute atomic E-state index is 0.0284. The average Bonchev–Trinajstić information content (AvgIpc) is 3.46. The molecule has 0 saturated heterocycles. The molecule has 2 aromatic heterocycles. The maximum atomic E-state index is 13.2. The molecule has 3 N–H and O–H groups in total. The monoisotopic (exact) mass is 527 g/mol. The number of ether oxygens (including phenoxy) is 3. The van der Waals surface area contributed by atoms with Gasteiger partial charge in [0.05, 0.1) is 23.6 Å². The predicted octanol–water partition coefficient (Wildman–Crippen LogP) is 2.17. The second-order valence-electron chi connectivity index (χ2n) is 6.86. The van der Waals surface area contributed by atoms with E-state index in [4.69, 9.17) is 30.3 Å². The number of nitrogens with zero attached hydrogens (tertiary/aromatic N) is 2. The van der Waals surface area contributed by atoms with Crippen molar-refractivity contribution in [2.75, 3.05) is 11.8 Å². The first-order valence-corrected chi connectivity index (χ1v) is 11.9. The number of aryl methyl sites for hydroxylation is 1. The first kappa shape index (κ1) is 23.8. The molecule has 0 aliphatic carbocycles. The van der Waals surface area contributed by atoms with Gasteiger partial charge in [-0.15, -0.1) is 11.3 Å². The summed E-state index contributed by atoms with van der Waals surface area (Å²) in [7, 11) is -3.07. The summed E-state index contributed by atoms with van der Waals surface area (Å²) < 4.78 is 47.8. The fourth-order valence-electron chi connectivity index (χ4n) is 3.17. The Bertz CT molecular complexity index is 1450. The Balaban J connectivity index is 1.69. The molecule has 0 fully saturated rings. The Hall–Kier alpha value is -3.35. The smallest absolute Gasteiger partial charge is 0.492 e. The van der Waals surface area contributed by atoms with Crippen LogP contribution in [-0.4, -0.2) is 42.8 Å². The van der Waals surface area contributed by atoms with Gasteiger partial charge >= 0.3 is 6.16 Å². The number of aromatic nitrogens is 1. The lowest BCUT2D eigenvalue weighted by Crippen LogP contribution is -2.37. The van der Waals surface area contributed by atoms with Crippen LogP contribution in [0.1, 0.15) is 26.5 Å². The molecule has 1 aliphatic heterocycles. The fourth-order valence-corrected chi connectivity index (χ4v) is 5.73. The van der Waals surface area contributed by atoms with Gasteiger partial charge in [0.2, 0.25) is 5.75 Å². The normalized spacial score (nSPS) is 14.0. The van der Waals surface area contributed by atoms with E-state index in [0.29, 0.717) is 0 Å². The zero-order valence-electron chi connectivity index (χ0n) is 17.3. The topological polar surface area (TPSA) is 181 Å². The van der Waals surface area contributed by atoms with Crippen molar-refractivity contribution in [1.29, 1.82) is 5.26 Å². The lowest BCUT2D eigenvalue weighted by molar-refractivity contribution is -0.385. The van der Waals surface area contributed by atoms with E-state index in [2.05, 4.69) is 9.88 Å². The highest BCUT2D eigenvalue weighted by Gasteiger charge is 2.42. The Kier molecular flexibility index (Phi) is 5.92. The van der Waals surface area contributed by atoms with Gasteiger partial charge in [-0.05, 0) is 18.4 Å². The van der Waals surface area contributed by atoms with Crippen molar-refractivity contribution in [3.8, 4) is 23.3 Å². The van der Waals surface area contributed by atoms with Crippen molar-refractivity contribution in [2.45, 2.75) is 24.4 Å². The number of benzene rings is 1. The molecule has 0 bridgehead atoms. The van der Waals surface area contributed by atoms with Gasteiger partial charge in [-0.3, -0.25) is 15.0 Å². The van der Waals surface area contributed by atoms with E-state index in [1.54, 1.807) is 0 Å². The summed E-state index contributed by atoms with van der Waals surface area (Å²) in [6, 6.07) is 4.25. The molecule has 34 heavy (non-hydrogen) atoms. The number of nitrogens with one attached hydrogen (secondary N) is 1. The lowest BCUT2D eigenvalue weighted by Gasteiger charge is -2.13. The molecule has 3 heterocycles. The van der Waals surface area contributed by atoms with Crippen molar-refractivity contribution in [2.24, 2.45) is 0 Å². The highest BCUT2D eigenvalue weighted by Crippen LogP contribution is 2.48. The fraction of sp³-hybridized carbons (Fsp3) is 0.211. The third-order valence-electron chi connectivity index (χ3n) is 4.63. The van der Waals surface area contributed by atoms with Gasteiger partial charge in [-0.25, -0.2) is 13.1 Å². The molecule has 0 radical (unpaired) electrons. The van der Waals surface area contributed by atoms with Crippen LogP contribution in [-0.2, 0) is 16.4 Å². The van der Waals surface area contributed by atoms with Crippen molar-refractivity contribution < 1.29 is 42.2 Å². The van der Waals surface area contributed by atoms with Gasteiger partial charge in [0.15, 0.2) is 17.3 Å². The number of ketones is 1. The maximum Gasteiger partial charge on any atom is 0.505 e. The number of Topliss-reactive ketones (excluding diaryl/α,β-unsaturated/α-hetero) is 1. The average molecular weight is 528 g/mol. The number of aliphatic hydroxyl groups is 2. The van der Waals surface area contributed by atoms with Gasteiger partial charge in [0, 0.05) is 18.1 Å². The van der Waals surface area contributed by atoms with Crippen LogP contribution in [0.2, 0.25) is 5.02 Å². The van der Waals surface area contributed by atoms with Crippen molar-refractivity contribution >= 4 is 44.6 Å². The van der Waals surface area contributed by atoms with Crippen molar-refractivity contribution in [3.05, 3.63) is 44.2 Å². The van der Waals surface area contributed by atoms with Crippen LogP contribution >= 0.6 is 22.9 Å². The van der Waals surface area contributed by atoms with Crippen LogP contribution < -0.4 is 18.9 Å². The quantitative estimate of drug-likeness (QED) is 0.302. The summed E-state index contributed by atoms with van der Waals surface area (Å²) in [6.07, 6.45) is -3.45. The Morgan fingerprint density at radius 1 is 1.41 bits per heavy atom. The minimum Gasteiger partial charge on any atom is -0.492 e. The number of sulfonamides is 1. The molecule has 12 nitrogen and oxygen atoms in total. The lowest BCUT2D eigenvalue weighted by atomic mass is 10.00. The number of hydrogen-bond acceptors (Lipinski definition) is 12. The number of methoxy groups -OCH3 is 1. The minimum atomic E-state index is -4.29. The predicted molar refractivity (Wildman–Crippen MR) is 116 cm³/mol. The number of halogens is 1. The maximum absolute atomic E-state index is 13.2. The first-order valence-electron chi connectivity index (χ1n) is 9.19. The summed E-state index contributed by atoms with van der Waals surface area (Å²) in [5.41, 5.74) is 0.233. The largest absolute Gasteiger partial charge is 0.505 e. The number of fused-ring (bicyclic) bond motifs is 1. The zero-order chi connectivity index (χ0) is 24.8. The van der Waals surface area contributed by atoms with E-state index in [0.717, 1.165) is 17.4 Å². The third-order valence-corrected chi connectivity index (χ3v) is 7.54. The Labute approximate surface area is 200 Å². The molecule has 0 unspecified atom stereocenters. The van der Waals surface area contributed by atoms with Crippen LogP contribution in [0.5, 0.6) is 17.2 Å². The number of thiophene rings is 1. The molecule has 1 aromatic carbocycles. The summed E-state index contributed by atoms with van der Waals surface area (Å²) in [4.78, 5) is 12.7. The van der Waals surface area contributed by atoms with Crippen LogP contribution in [0.25, 0.3) is 0 Å². The van der Waals surface area contributed by atoms with Gasteiger partial charge in [0.25, 0.3) is 15.9 Å². The summed E-state index contributed by atoms with van der Waals surface area (Å²) >= 11 is 6.84. The highest BCUT2D eigenvalue weighted by atomic mass is 35.5. The van der Waals surface area contributed by atoms with E-state index in [-0.39, 0.29) is 54.7 Å². The van der Waals surface area contributed by atoms with E-state index < -0.39 is 28.4 Å². The Morgan fingerprint density at radius 3 is 2.76 bits per heavy atom. The summed E-state index contributed by atoms with van der Waals surface area (Å²) in [5.74, 6) is -1.52. The standard InChI is InChI=1S/C19H14ClN3O9S2/c1-8-14(20)18(32-22-8)23-34(27,28)13-3-4-33-17(13)11(24)6-10-9(7-21)5-12-16(15(10)29-2)31-19(25,26)30-12/h3-5,23,25-26H,6H2,1-2H3. The molecule has 0 atom stereocenters. The number of carbonyl (C=O) groups excluding carboxylic acids is 1. The summed E-state index contributed by atoms with van der Waals surface area (Å²) in [5, 5.41) is 33.7.